The Kier molecular flexibility index (Phi) is 2.47. The Bertz CT molecular complexity index is 140. The molecule has 5 atom stereocenters. The molecule has 0 bridgehead atoms. The van der Waals surface area contributed by atoms with Crippen molar-refractivity contribution in [3.8, 4) is 0 Å². The van der Waals surface area contributed by atoms with Gasteiger partial charge in [0.25, 0.3) is 0 Å². The number of hydrogen-bond acceptors (Lipinski definition) is 3. The molecule has 0 aliphatic carbocycles. The van der Waals surface area contributed by atoms with Gasteiger partial charge < -0.3 is 14.9 Å². The summed E-state index contributed by atoms with van der Waals surface area (Å²) in [5.74, 6) is 0. The first-order valence-corrected chi connectivity index (χ1v) is 3.69. The number of hydrogen-bond donors (Lipinski definition) is 2. The Morgan fingerprint density at radius 1 is 1.36 bits per heavy atom. The number of ether oxygens (including phenoxy) is 1. The van der Waals surface area contributed by atoms with Gasteiger partial charge in [0, 0.05) is 0 Å². The Morgan fingerprint density at radius 2 is 1.91 bits per heavy atom. The third kappa shape index (κ3) is 1.52. The molecule has 1 fully saturated rings. The maximum atomic E-state index is 12.6. The predicted octanol–water partition coefficient (Wildman–Crippen LogP) is -0.147. The van der Waals surface area contributed by atoms with Crippen molar-refractivity contribution < 1.29 is 19.3 Å². The van der Waals surface area contributed by atoms with Crippen LogP contribution in [0, 0.1) is 0 Å². The molecule has 1 aliphatic rings. The van der Waals surface area contributed by atoms with E-state index >= 15 is 0 Å². The van der Waals surface area contributed by atoms with Gasteiger partial charge in [-0.2, -0.15) is 0 Å². The minimum Gasteiger partial charge on any atom is -0.388 e. The molecular weight excluding hydrogens is 151 g/mol. The van der Waals surface area contributed by atoms with Crippen LogP contribution in [0.15, 0.2) is 0 Å². The van der Waals surface area contributed by atoms with Gasteiger partial charge in [0.05, 0.1) is 6.10 Å². The van der Waals surface area contributed by atoms with E-state index < -0.39 is 30.6 Å². The topological polar surface area (TPSA) is 49.7 Å². The van der Waals surface area contributed by atoms with Gasteiger partial charge in [0.1, 0.15) is 24.5 Å². The summed E-state index contributed by atoms with van der Waals surface area (Å²) >= 11 is 0. The Balaban J connectivity index is 2.59. The van der Waals surface area contributed by atoms with E-state index in [1.165, 1.54) is 6.92 Å². The average Bonchev–Trinajstić information content (AvgIpc) is 2.17. The van der Waals surface area contributed by atoms with Crippen LogP contribution in [0.3, 0.4) is 0 Å². The monoisotopic (exact) mass is 164 g/mol. The minimum absolute atomic E-state index is 0.479. The van der Waals surface area contributed by atoms with Crippen LogP contribution in [0.5, 0.6) is 0 Å². The Labute approximate surface area is 64.8 Å². The molecule has 1 heterocycles. The summed E-state index contributed by atoms with van der Waals surface area (Å²) in [6.07, 6.45) is -4.65. The van der Waals surface area contributed by atoms with Crippen LogP contribution < -0.4 is 0 Å². The molecule has 3 nitrogen and oxygen atoms in total. The zero-order chi connectivity index (χ0) is 8.59. The molecule has 1 aliphatic heterocycles. The Hall–Kier alpha value is -0.190. The highest BCUT2D eigenvalue weighted by atomic mass is 19.1. The van der Waals surface area contributed by atoms with Crippen molar-refractivity contribution in [3.05, 3.63) is 0 Å². The first-order valence-electron chi connectivity index (χ1n) is 3.69. The van der Waals surface area contributed by atoms with Crippen LogP contribution in [0.4, 0.5) is 4.39 Å². The van der Waals surface area contributed by atoms with Crippen LogP contribution in [0.1, 0.15) is 13.8 Å². The van der Waals surface area contributed by atoms with Crippen LogP contribution >= 0.6 is 0 Å². The lowest BCUT2D eigenvalue weighted by Gasteiger charge is -2.14. The summed E-state index contributed by atoms with van der Waals surface area (Å²) < 4.78 is 17.6. The fraction of sp³-hybridized carbons (Fsp3) is 1.00. The third-order valence-corrected chi connectivity index (χ3v) is 1.99. The number of halogens is 1. The second kappa shape index (κ2) is 3.05. The molecule has 0 aromatic carbocycles. The minimum atomic E-state index is -1.25. The van der Waals surface area contributed by atoms with Crippen molar-refractivity contribution in [1.82, 2.24) is 0 Å². The molecule has 66 valence electrons. The Morgan fingerprint density at radius 3 is 2.09 bits per heavy atom. The highest BCUT2D eigenvalue weighted by Gasteiger charge is 2.42. The molecule has 11 heavy (non-hydrogen) atoms. The van der Waals surface area contributed by atoms with Gasteiger partial charge in [-0.05, 0) is 13.8 Å². The van der Waals surface area contributed by atoms with E-state index in [0.29, 0.717) is 0 Å². The zero-order valence-corrected chi connectivity index (χ0v) is 6.57. The van der Waals surface area contributed by atoms with Crippen molar-refractivity contribution in [3.63, 3.8) is 0 Å². The molecule has 1 rings (SSSR count). The second-order valence-corrected chi connectivity index (χ2v) is 2.96. The lowest BCUT2D eigenvalue weighted by Crippen LogP contribution is -2.35. The summed E-state index contributed by atoms with van der Waals surface area (Å²) in [6.45, 7) is 2.91. The van der Waals surface area contributed by atoms with Crippen LogP contribution in [0.25, 0.3) is 0 Å². The molecule has 0 aromatic rings. The first kappa shape index (κ1) is 8.90. The number of rotatable bonds is 1. The molecule has 0 aromatic heterocycles. The number of aliphatic hydroxyl groups is 2. The van der Waals surface area contributed by atoms with Gasteiger partial charge in [0.15, 0.2) is 0 Å². The summed E-state index contributed by atoms with van der Waals surface area (Å²) in [6, 6.07) is 0. The molecule has 2 N–H and O–H groups in total. The fourth-order valence-electron chi connectivity index (χ4n) is 1.26. The standard InChI is InChI=1S/C7H13FO3/c1-3(8)7-6(10)5(9)4(2)11-7/h3-7,9-10H,1-2H3/t3?,4-,5?,6+,7+/m0/s1. The van der Waals surface area contributed by atoms with Gasteiger partial charge in [-0.25, -0.2) is 4.39 Å². The molecule has 0 spiro atoms. The number of aliphatic hydroxyl groups excluding tert-OH is 2. The first-order chi connectivity index (χ1) is 5.04. The fourth-order valence-corrected chi connectivity index (χ4v) is 1.26. The third-order valence-electron chi connectivity index (χ3n) is 1.99. The van der Waals surface area contributed by atoms with Gasteiger partial charge >= 0.3 is 0 Å². The van der Waals surface area contributed by atoms with Crippen LogP contribution in [-0.4, -0.2) is 40.8 Å². The molecule has 0 radical (unpaired) electrons. The van der Waals surface area contributed by atoms with Crippen molar-refractivity contribution in [2.24, 2.45) is 0 Å². The van der Waals surface area contributed by atoms with E-state index in [-0.39, 0.29) is 0 Å². The lowest BCUT2D eigenvalue weighted by atomic mass is 10.1. The highest BCUT2D eigenvalue weighted by Crippen LogP contribution is 2.24. The predicted molar refractivity (Wildman–Crippen MR) is 36.9 cm³/mol. The SMILES string of the molecule is CC(F)[C@H]1O[C@@H](C)C(O)[C@H]1O. The maximum Gasteiger partial charge on any atom is 0.126 e. The summed E-state index contributed by atoms with van der Waals surface area (Å²) in [4.78, 5) is 0. The van der Waals surface area contributed by atoms with E-state index in [9.17, 15) is 9.50 Å². The molecule has 0 amide bonds. The van der Waals surface area contributed by atoms with E-state index in [4.69, 9.17) is 9.84 Å². The molecule has 0 saturated carbocycles. The van der Waals surface area contributed by atoms with Crippen molar-refractivity contribution in [2.75, 3.05) is 0 Å². The highest BCUT2D eigenvalue weighted by molar-refractivity contribution is 4.90. The van der Waals surface area contributed by atoms with E-state index in [1.54, 1.807) is 6.92 Å². The van der Waals surface area contributed by atoms with Gasteiger partial charge in [0.2, 0.25) is 0 Å². The molecule has 1 saturated heterocycles. The molecular formula is C7H13FO3. The van der Waals surface area contributed by atoms with E-state index in [0.717, 1.165) is 0 Å². The summed E-state index contributed by atoms with van der Waals surface area (Å²) in [5.41, 5.74) is 0. The van der Waals surface area contributed by atoms with Gasteiger partial charge in [-0.15, -0.1) is 0 Å². The van der Waals surface area contributed by atoms with Crippen molar-refractivity contribution in [2.45, 2.75) is 44.4 Å². The summed E-state index contributed by atoms with van der Waals surface area (Å²) in [7, 11) is 0. The second-order valence-electron chi connectivity index (χ2n) is 2.96. The largest absolute Gasteiger partial charge is 0.388 e. The van der Waals surface area contributed by atoms with Crippen molar-refractivity contribution in [1.29, 1.82) is 0 Å². The zero-order valence-electron chi connectivity index (χ0n) is 6.57. The van der Waals surface area contributed by atoms with E-state index in [1.807, 2.05) is 0 Å². The number of alkyl halides is 1. The smallest absolute Gasteiger partial charge is 0.126 e. The molecule has 4 heteroatoms. The lowest BCUT2D eigenvalue weighted by molar-refractivity contribution is -0.0265. The summed E-state index contributed by atoms with van der Waals surface area (Å²) in [5, 5.41) is 18.3. The van der Waals surface area contributed by atoms with Crippen LogP contribution in [-0.2, 0) is 4.74 Å². The van der Waals surface area contributed by atoms with Gasteiger partial charge in [-0.1, -0.05) is 0 Å². The average molecular weight is 164 g/mol. The van der Waals surface area contributed by atoms with Crippen LogP contribution in [0.2, 0.25) is 0 Å². The van der Waals surface area contributed by atoms with Crippen molar-refractivity contribution >= 4 is 0 Å². The van der Waals surface area contributed by atoms with Gasteiger partial charge in [-0.3, -0.25) is 0 Å². The maximum absolute atomic E-state index is 12.6. The van der Waals surface area contributed by atoms with E-state index in [2.05, 4.69) is 0 Å². The molecule has 2 unspecified atom stereocenters. The normalized spacial score (nSPS) is 47.7. The quantitative estimate of drug-likeness (QED) is 0.566.